The minimum atomic E-state index is -6.00. The lowest BCUT2D eigenvalue weighted by molar-refractivity contribution is -0.482. The largest absolute Gasteiger partial charge is 0.673 e. The molecule has 15 heavy (non-hydrogen) atoms. The minimum Gasteiger partial charge on any atom is -0.418 e. The summed E-state index contributed by atoms with van der Waals surface area (Å²) in [5.74, 6) is 0. The van der Waals surface area contributed by atoms with Crippen molar-refractivity contribution in [2.24, 2.45) is 0 Å². The Bertz CT molecular complexity index is 199. The average Bonchev–Trinajstić information content (AvgIpc) is 2.45. The van der Waals surface area contributed by atoms with Gasteiger partial charge in [-0.2, -0.15) is 0 Å². The molecule has 0 atom stereocenters. The normalized spacial score (nSPS) is 15.9. The van der Waals surface area contributed by atoms with Gasteiger partial charge in [-0.15, -0.1) is 0 Å². The van der Waals surface area contributed by atoms with Crippen LogP contribution in [0.15, 0.2) is 0 Å². The zero-order valence-electron chi connectivity index (χ0n) is 9.10. The number of rotatable bonds is 3. The van der Waals surface area contributed by atoms with Crippen molar-refractivity contribution in [3.63, 3.8) is 0 Å². The molecule has 0 aliphatic carbocycles. The number of nitrogens with zero attached hydrogens (tertiary/aromatic N) is 2. The van der Waals surface area contributed by atoms with Gasteiger partial charge in [0.05, 0.1) is 13.6 Å². The van der Waals surface area contributed by atoms with E-state index in [1.54, 1.807) is 0 Å². The van der Waals surface area contributed by atoms with E-state index < -0.39 is 7.25 Å². The van der Waals surface area contributed by atoms with Gasteiger partial charge in [-0.05, 0) is 6.42 Å². The molecule has 1 heterocycles. The third kappa shape index (κ3) is 11.2. The van der Waals surface area contributed by atoms with Gasteiger partial charge in [0.25, 0.3) is 0 Å². The first-order valence-corrected chi connectivity index (χ1v) is 4.99. The molecular weight excluding hydrogens is 211 g/mol. The molecule has 0 unspecified atom stereocenters. The summed E-state index contributed by atoms with van der Waals surface area (Å²) >= 11 is 0. The van der Waals surface area contributed by atoms with E-state index in [4.69, 9.17) is 0 Å². The Morgan fingerprint density at radius 3 is 2.20 bits per heavy atom. The number of unbranched alkanes of at least 4 members (excludes halogenated alkanes) is 1. The molecule has 1 aliphatic rings. The Hall–Kier alpha value is -0.745. The molecule has 0 saturated heterocycles. The van der Waals surface area contributed by atoms with Crippen LogP contribution in [0.4, 0.5) is 17.3 Å². The summed E-state index contributed by atoms with van der Waals surface area (Å²) in [6.07, 6.45) is 4.84. The van der Waals surface area contributed by atoms with E-state index in [0.717, 1.165) is 0 Å². The van der Waals surface area contributed by atoms with Crippen LogP contribution in [0.3, 0.4) is 0 Å². The summed E-state index contributed by atoms with van der Waals surface area (Å²) in [6, 6.07) is 0. The number of halogens is 4. The predicted octanol–water partition coefficient (Wildman–Crippen LogP) is 2.07. The fourth-order valence-electron chi connectivity index (χ4n) is 1.21. The van der Waals surface area contributed by atoms with Gasteiger partial charge >= 0.3 is 7.25 Å². The van der Waals surface area contributed by atoms with Gasteiger partial charge in [-0.3, -0.25) is 9.48 Å². The van der Waals surface area contributed by atoms with Gasteiger partial charge in [-0.1, -0.05) is 13.3 Å². The molecule has 0 radical (unpaired) electrons. The van der Waals surface area contributed by atoms with Crippen LogP contribution in [0.25, 0.3) is 0 Å². The molecule has 1 aliphatic heterocycles. The first-order chi connectivity index (χ1) is 6.83. The van der Waals surface area contributed by atoms with Crippen LogP contribution in [-0.2, 0) is 0 Å². The van der Waals surface area contributed by atoms with Crippen molar-refractivity contribution in [1.29, 1.82) is 0 Å². The smallest absolute Gasteiger partial charge is 0.418 e. The zero-order valence-corrected chi connectivity index (χ0v) is 9.10. The zero-order chi connectivity index (χ0) is 11.9. The monoisotopic (exact) mass is 228 g/mol. The van der Waals surface area contributed by atoms with Crippen LogP contribution in [0.2, 0.25) is 0 Å². The lowest BCUT2D eigenvalue weighted by Gasteiger charge is -2.03. The fraction of sp³-hybridized carbons (Fsp3) is 0.875. The topological polar surface area (TPSA) is 6.25 Å². The van der Waals surface area contributed by atoms with Gasteiger partial charge in [-0.25, -0.2) is 0 Å². The molecule has 0 aromatic carbocycles. The second-order valence-corrected chi connectivity index (χ2v) is 3.48. The number of likely N-dealkylation sites (N-methyl/N-ethyl adjacent to an activating group) is 1. The summed E-state index contributed by atoms with van der Waals surface area (Å²) in [5.41, 5.74) is 0. The van der Waals surface area contributed by atoms with E-state index in [0.29, 0.717) is 0 Å². The summed E-state index contributed by atoms with van der Waals surface area (Å²) < 4.78 is 41.2. The highest BCUT2D eigenvalue weighted by molar-refractivity contribution is 6.50. The maximum Gasteiger partial charge on any atom is 0.673 e. The van der Waals surface area contributed by atoms with Gasteiger partial charge in [0.15, 0.2) is 0 Å². The standard InChI is InChI=1S/C8H17N2.BF4/c1-3-4-5-10-7-6-9(2)8-10;2-1(3,4)5/h8H,3-7H2,1-2H3;/q+1;-1. The van der Waals surface area contributed by atoms with Crippen molar-refractivity contribution in [2.75, 3.05) is 26.7 Å². The molecular formula is C8H17BF4N2. The van der Waals surface area contributed by atoms with Crippen molar-refractivity contribution in [1.82, 2.24) is 4.90 Å². The summed E-state index contributed by atoms with van der Waals surface area (Å²) in [7, 11) is -3.87. The second-order valence-electron chi connectivity index (χ2n) is 3.48. The molecule has 7 heteroatoms. The highest BCUT2D eigenvalue weighted by Gasteiger charge is 2.20. The quantitative estimate of drug-likeness (QED) is 0.407. The third-order valence-corrected chi connectivity index (χ3v) is 1.90. The maximum atomic E-state index is 9.75. The van der Waals surface area contributed by atoms with Crippen LogP contribution in [0.5, 0.6) is 0 Å². The van der Waals surface area contributed by atoms with Gasteiger partial charge < -0.3 is 17.3 Å². The van der Waals surface area contributed by atoms with Crippen molar-refractivity contribution < 1.29 is 21.8 Å². The second kappa shape index (κ2) is 6.69. The van der Waals surface area contributed by atoms with Gasteiger partial charge in [0.1, 0.15) is 13.1 Å². The molecule has 0 aromatic heterocycles. The molecule has 0 N–H and O–H groups in total. The van der Waals surface area contributed by atoms with Crippen LogP contribution < -0.4 is 0 Å². The van der Waals surface area contributed by atoms with Crippen molar-refractivity contribution in [3.05, 3.63) is 0 Å². The average molecular weight is 228 g/mol. The van der Waals surface area contributed by atoms with Crippen molar-refractivity contribution in [3.8, 4) is 0 Å². The van der Waals surface area contributed by atoms with Crippen molar-refractivity contribution >= 4 is 13.6 Å². The van der Waals surface area contributed by atoms with Gasteiger partial charge in [0, 0.05) is 0 Å². The fourth-order valence-corrected chi connectivity index (χ4v) is 1.21. The first-order valence-electron chi connectivity index (χ1n) is 4.99. The third-order valence-electron chi connectivity index (χ3n) is 1.90. The van der Waals surface area contributed by atoms with Crippen molar-refractivity contribution in [2.45, 2.75) is 19.8 Å². The lowest BCUT2D eigenvalue weighted by atomic mass is 10.3. The Kier molecular flexibility index (Phi) is 6.35. The summed E-state index contributed by atoms with van der Waals surface area (Å²) in [5, 5.41) is 0. The molecule has 0 spiro atoms. The number of hydrogen-bond acceptors (Lipinski definition) is 1. The highest BCUT2D eigenvalue weighted by Crippen LogP contribution is 2.06. The van der Waals surface area contributed by atoms with E-state index in [9.17, 15) is 17.3 Å². The Morgan fingerprint density at radius 1 is 1.33 bits per heavy atom. The molecule has 2 nitrogen and oxygen atoms in total. The molecule has 0 aromatic rings. The summed E-state index contributed by atoms with van der Waals surface area (Å²) in [4.78, 5) is 2.39. The molecule has 0 saturated carbocycles. The van der Waals surface area contributed by atoms with Crippen LogP contribution in [-0.4, -0.2) is 49.8 Å². The van der Waals surface area contributed by atoms with Crippen LogP contribution in [0.1, 0.15) is 19.8 Å². The number of hydrogen-bond donors (Lipinski definition) is 0. The SMILES string of the molecule is CCCCN1C=[N+](C)CC1.F[B-](F)(F)F. The first kappa shape index (κ1) is 14.3. The maximum absolute atomic E-state index is 9.75. The Morgan fingerprint density at radius 2 is 1.87 bits per heavy atom. The lowest BCUT2D eigenvalue weighted by Crippen LogP contribution is -2.20. The van der Waals surface area contributed by atoms with Gasteiger partial charge in [0.2, 0.25) is 6.34 Å². The highest BCUT2D eigenvalue weighted by atomic mass is 19.5. The summed E-state index contributed by atoms with van der Waals surface area (Å²) in [6.45, 7) is 5.89. The molecule has 0 fully saturated rings. The molecule has 90 valence electrons. The Balaban J connectivity index is 0.000000336. The van der Waals surface area contributed by atoms with E-state index in [2.05, 4.69) is 29.8 Å². The van der Waals surface area contributed by atoms with Crippen LogP contribution >= 0.6 is 0 Å². The van der Waals surface area contributed by atoms with E-state index in [1.165, 1.54) is 32.5 Å². The minimum absolute atomic E-state index is 1.20. The molecule has 1 rings (SSSR count). The van der Waals surface area contributed by atoms with E-state index in [-0.39, 0.29) is 0 Å². The van der Waals surface area contributed by atoms with E-state index >= 15 is 0 Å². The molecule has 0 bridgehead atoms. The van der Waals surface area contributed by atoms with Crippen LogP contribution in [0, 0.1) is 0 Å². The Labute approximate surface area is 87.7 Å². The molecule has 0 amide bonds. The predicted molar refractivity (Wildman–Crippen MR) is 53.8 cm³/mol. The van der Waals surface area contributed by atoms with E-state index in [1.807, 2.05) is 0 Å².